The second kappa shape index (κ2) is 11.0. The van der Waals surface area contributed by atoms with Gasteiger partial charge in [0, 0.05) is 5.56 Å². The average molecular weight is 500 g/mol. The zero-order valence-corrected chi connectivity index (χ0v) is 24.8. The van der Waals surface area contributed by atoms with Crippen molar-refractivity contribution >= 4 is 30.7 Å². The van der Waals surface area contributed by atoms with E-state index in [0.717, 1.165) is 22.6 Å². The van der Waals surface area contributed by atoms with E-state index in [1.54, 1.807) is 5.23 Å². The minimum Gasteiger partial charge on any atom is -0.544 e. The van der Waals surface area contributed by atoms with Gasteiger partial charge >= 0.3 is 0 Å². The predicted molar refractivity (Wildman–Crippen MR) is 148 cm³/mol. The molecule has 0 fully saturated rings. The molecular weight excluding hydrogens is 459 g/mol. The summed E-state index contributed by atoms with van der Waals surface area (Å²) in [6, 6.07) is 20.6. The van der Waals surface area contributed by atoms with E-state index in [9.17, 15) is 0 Å². The van der Waals surface area contributed by atoms with Crippen LogP contribution in [0.15, 0.2) is 79.0 Å². The summed E-state index contributed by atoms with van der Waals surface area (Å²) < 4.78 is 19.4. The molecule has 180 valence electrons. The third kappa shape index (κ3) is 9.85. The standard InChI is InChI=1S/C26H41NO3Si3/c1-22(27(29-32(5,6)7)30-33(8,9)10)25(23-17-13-11-14-18-23)21-26(28-31(2,3)4)24-19-15-12-16-20-24/h11-21,25H,1H2,2-10H3/b26-21-. The van der Waals surface area contributed by atoms with Crippen molar-refractivity contribution in [1.29, 1.82) is 0 Å². The Morgan fingerprint density at radius 2 is 1.18 bits per heavy atom. The van der Waals surface area contributed by atoms with Gasteiger partial charge in [0.2, 0.25) is 25.0 Å². The number of hydroxylamine groups is 2. The summed E-state index contributed by atoms with van der Waals surface area (Å²) in [6.45, 7) is 24.0. The lowest BCUT2D eigenvalue weighted by molar-refractivity contribution is -0.244. The zero-order chi connectivity index (χ0) is 24.9. The number of benzene rings is 2. The van der Waals surface area contributed by atoms with Crippen LogP contribution in [0.5, 0.6) is 0 Å². The van der Waals surface area contributed by atoms with E-state index in [-0.39, 0.29) is 5.92 Å². The van der Waals surface area contributed by atoms with Crippen molar-refractivity contribution in [3.05, 3.63) is 90.1 Å². The highest BCUT2D eigenvalue weighted by molar-refractivity contribution is 6.71. The van der Waals surface area contributed by atoms with Gasteiger partial charge in [-0.05, 0) is 70.6 Å². The van der Waals surface area contributed by atoms with E-state index < -0.39 is 25.0 Å². The molecule has 0 aliphatic carbocycles. The monoisotopic (exact) mass is 499 g/mol. The van der Waals surface area contributed by atoms with Crippen LogP contribution in [0.25, 0.3) is 5.76 Å². The molecule has 0 saturated heterocycles. The van der Waals surface area contributed by atoms with Crippen LogP contribution in [0.2, 0.25) is 58.9 Å². The van der Waals surface area contributed by atoms with Gasteiger partial charge in [0.15, 0.2) is 0 Å². The van der Waals surface area contributed by atoms with E-state index >= 15 is 0 Å². The molecule has 33 heavy (non-hydrogen) atoms. The molecule has 1 atom stereocenters. The molecule has 0 radical (unpaired) electrons. The minimum absolute atomic E-state index is 0.176. The van der Waals surface area contributed by atoms with Crippen molar-refractivity contribution < 1.29 is 13.5 Å². The fraction of sp³-hybridized carbons (Fsp3) is 0.385. The first kappa shape index (κ1) is 27.3. The molecule has 0 saturated carbocycles. The van der Waals surface area contributed by atoms with Crippen molar-refractivity contribution in [3.8, 4) is 0 Å². The average Bonchev–Trinajstić information content (AvgIpc) is 2.68. The zero-order valence-electron chi connectivity index (χ0n) is 21.8. The molecule has 7 heteroatoms. The lowest BCUT2D eigenvalue weighted by Crippen LogP contribution is -2.44. The molecule has 4 nitrogen and oxygen atoms in total. The number of allylic oxidation sites excluding steroid dienone is 1. The summed E-state index contributed by atoms with van der Waals surface area (Å²) >= 11 is 0. The van der Waals surface area contributed by atoms with Crippen molar-refractivity contribution in [2.75, 3.05) is 0 Å². The number of rotatable bonds is 11. The van der Waals surface area contributed by atoms with Crippen LogP contribution in [0, 0.1) is 0 Å². The Kier molecular flexibility index (Phi) is 9.12. The Morgan fingerprint density at radius 3 is 1.61 bits per heavy atom. The molecule has 0 aliphatic rings. The largest absolute Gasteiger partial charge is 0.544 e. The molecule has 0 aliphatic heterocycles. The Hall–Kier alpha value is -1.91. The highest BCUT2D eigenvalue weighted by Gasteiger charge is 2.31. The smallest absolute Gasteiger partial charge is 0.242 e. The third-order valence-electron chi connectivity index (χ3n) is 4.26. The van der Waals surface area contributed by atoms with Gasteiger partial charge in [-0.15, -0.1) is 0 Å². The van der Waals surface area contributed by atoms with E-state index in [0.29, 0.717) is 0 Å². The summed E-state index contributed by atoms with van der Waals surface area (Å²) in [5.74, 6) is 0.691. The summed E-state index contributed by atoms with van der Waals surface area (Å²) in [5.41, 5.74) is 2.91. The predicted octanol–water partition coefficient (Wildman–Crippen LogP) is 8.01. The van der Waals surface area contributed by atoms with Gasteiger partial charge in [0.25, 0.3) is 0 Å². The van der Waals surface area contributed by atoms with E-state index in [2.05, 4.69) is 95.8 Å². The molecule has 0 heterocycles. The third-order valence-corrected chi connectivity index (χ3v) is 6.52. The highest BCUT2D eigenvalue weighted by Crippen LogP contribution is 2.34. The van der Waals surface area contributed by atoms with Gasteiger partial charge in [-0.1, -0.05) is 67.2 Å². The molecule has 0 aromatic heterocycles. The van der Waals surface area contributed by atoms with Gasteiger partial charge in [-0.3, -0.25) is 9.05 Å². The maximum absolute atomic E-state index is 6.58. The second-order valence-electron chi connectivity index (χ2n) is 11.2. The Balaban J connectivity index is 2.61. The maximum atomic E-state index is 6.58. The summed E-state index contributed by atoms with van der Waals surface area (Å²) in [4.78, 5) is 0. The molecule has 2 aromatic rings. The first-order chi connectivity index (χ1) is 15.1. The van der Waals surface area contributed by atoms with Crippen LogP contribution in [-0.4, -0.2) is 30.2 Å². The Bertz CT molecular complexity index is 911. The molecule has 2 rings (SSSR count). The van der Waals surface area contributed by atoms with Crippen molar-refractivity contribution in [2.24, 2.45) is 0 Å². The van der Waals surface area contributed by atoms with E-state index in [1.165, 1.54) is 0 Å². The molecule has 0 spiro atoms. The van der Waals surface area contributed by atoms with Crippen LogP contribution >= 0.6 is 0 Å². The van der Waals surface area contributed by atoms with Crippen LogP contribution in [0.4, 0.5) is 0 Å². The number of hydrogen-bond donors (Lipinski definition) is 0. The SMILES string of the molecule is C=C(C(/C=C(\O[Si](C)(C)C)c1ccccc1)c1ccccc1)N(O[Si](C)(C)C)O[Si](C)(C)C. The highest BCUT2D eigenvalue weighted by atomic mass is 28.4. The molecule has 0 bridgehead atoms. The summed E-state index contributed by atoms with van der Waals surface area (Å²) in [5, 5.41) is 1.61. The lowest BCUT2D eigenvalue weighted by Gasteiger charge is -2.37. The number of nitrogens with zero attached hydrogens (tertiary/aromatic N) is 1. The van der Waals surface area contributed by atoms with Crippen LogP contribution in [0.3, 0.4) is 0 Å². The molecular formula is C26H41NO3Si3. The van der Waals surface area contributed by atoms with Gasteiger partial charge in [0.1, 0.15) is 5.76 Å². The first-order valence-electron chi connectivity index (χ1n) is 11.5. The Labute approximate surface area is 204 Å². The summed E-state index contributed by atoms with van der Waals surface area (Å²) in [7, 11) is -5.78. The maximum Gasteiger partial charge on any atom is 0.242 e. The quantitative estimate of drug-likeness (QED) is 0.178. The fourth-order valence-corrected chi connectivity index (χ4v) is 5.29. The van der Waals surface area contributed by atoms with Gasteiger partial charge in [0.05, 0.1) is 11.6 Å². The first-order valence-corrected chi connectivity index (χ1v) is 21.8. The van der Waals surface area contributed by atoms with Crippen LogP contribution in [-0.2, 0) is 13.5 Å². The lowest BCUT2D eigenvalue weighted by atomic mass is 9.94. The molecule has 1 unspecified atom stereocenters. The number of hydrogen-bond acceptors (Lipinski definition) is 4. The molecule has 0 amide bonds. The van der Waals surface area contributed by atoms with Crippen molar-refractivity contribution in [2.45, 2.75) is 64.8 Å². The topological polar surface area (TPSA) is 30.9 Å². The van der Waals surface area contributed by atoms with Gasteiger partial charge < -0.3 is 4.43 Å². The van der Waals surface area contributed by atoms with E-state index in [1.807, 2.05) is 36.4 Å². The minimum atomic E-state index is -1.95. The summed E-state index contributed by atoms with van der Waals surface area (Å²) in [6.07, 6.45) is 2.17. The van der Waals surface area contributed by atoms with E-state index in [4.69, 9.17) is 13.5 Å². The second-order valence-corrected chi connectivity index (χ2v) is 24.4. The molecule has 0 N–H and O–H groups in total. The molecule has 2 aromatic carbocycles. The van der Waals surface area contributed by atoms with Crippen LogP contribution in [0.1, 0.15) is 17.0 Å². The van der Waals surface area contributed by atoms with Gasteiger partial charge in [-0.2, -0.15) is 5.23 Å². The fourth-order valence-electron chi connectivity index (χ4n) is 3.06. The van der Waals surface area contributed by atoms with Crippen molar-refractivity contribution in [3.63, 3.8) is 0 Å². The Morgan fingerprint density at radius 1 is 0.727 bits per heavy atom. The van der Waals surface area contributed by atoms with Gasteiger partial charge in [-0.25, -0.2) is 0 Å². The van der Waals surface area contributed by atoms with Crippen LogP contribution < -0.4 is 0 Å². The normalized spacial score (nSPS) is 14.0. The van der Waals surface area contributed by atoms with Crippen molar-refractivity contribution in [1.82, 2.24) is 5.23 Å².